The van der Waals surface area contributed by atoms with Crippen molar-refractivity contribution < 1.29 is 26.9 Å². The maximum atomic E-state index is 12.8. The summed E-state index contributed by atoms with van der Waals surface area (Å²) in [5.74, 6) is 0.665. The summed E-state index contributed by atoms with van der Waals surface area (Å²) in [4.78, 5) is 11.1. The van der Waals surface area contributed by atoms with Crippen LogP contribution in [0.4, 0.5) is 13.2 Å². The summed E-state index contributed by atoms with van der Waals surface area (Å²) < 4.78 is 61.7. The van der Waals surface area contributed by atoms with Crippen LogP contribution >= 0.6 is 0 Å². The van der Waals surface area contributed by atoms with E-state index >= 15 is 0 Å². The molecule has 6 nitrogen and oxygen atoms in total. The van der Waals surface area contributed by atoms with Gasteiger partial charge < -0.3 is 14.5 Å². The molecule has 2 heterocycles. The summed E-state index contributed by atoms with van der Waals surface area (Å²) in [6.45, 7) is 2.60. The Morgan fingerprint density at radius 1 is 1.21 bits per heavy atom. The van der Waals surface area contributed by atoms with Crippen molar-refractivity contribution in [1.82, 2.24) is 15.0 Å². The van der Waals surface area contributed by atoms with E-state index in [-0.39, 0.29) is 46.0 Å². The fourth-order valence-electron chi connectivity index (χ4n) is 2.56. The predicted molar refractivity (Wildman–Crippen MR) is 103 cm³/mol. The van der Waals surface area contributed by atoms with Gasteiger partial charge in [0.2, 0.25) is 0 Å². The number of alkyl halides is 3. The molecular weight excluding hydrogens is 418 g/mol. The van der Waals surface area contributed by atoms with Crippen molar-refractivity contribution in [3.05, 3.63) is 47.3 Å². The molecule has 29 heavy (non-hydrogen) atoms. The molecule has 0 saturated carbocycles. The van der Waals surface area contributed by atoms with Gasteiger partial charge in [0.05, 0.1) is 45.5 Å². The number of hydrogen-bond acceptors (Lipinski definition) is 5. The maximum Gasteiger partial charge on any atom is 0.416 e. The van der Waals surface area contributed by atoms with E-state index in [9.17, 15) is 17.4 Å². The number of pyridine rings is 1. The Hall–Kier alpha value is -1.46. The molecule has 0 bridgehead atoms. The summed E-state index contributed by atoms with van der Waals surface area (Å²) in [5.41, 5.74) is 1.00. The number of hydrogen-bond donors (Lipinski definition) is 1. The molecular formula is C18H18F3N3NaO3S. The van der Waals surface area contributed by atoms with E-state index in [1.807, 2.05) is 0 Å². The number of benzene rings is 1. The predicted octanol–water partition coefficient (Wildman–Crippen LogP) is 3.24. The Morgan fingerprint density at radius 2 is 1.97 bits per heavy atom. The summed E-state index contributed by atoms with van der Waals surface area (Å²) in [5, 5.41) is 0.0984. The van der Waals surface area contributed by atoms with Gasteiger partial charge in [0.1, 0.15) is 12.4 Å². The minimum atomic E-state index is -4.46. The van der Waals surface area contributed by atoms with Crippen LogP contribution in [0.25, 0.3) is 11.0 Å². The number of methoxy groups -OCH3 is 1. The third-order valence-electron chi connectivity index (χ3n) is 4.07. The molecule has 0 fully saturated rings. The van der Waals surface area contributed by atoms with E-state index in [1.54, 1.807) is 26.3 Å². The first kappa shape index (κ1) is 23.8. The summed E-state index contributed by atoms with van der Waals surface area (Å²) >= 11 is 0. The monoisotopic (exact) mass is 436 g/mol. The smallest absolute Gasteiger partial charge is 0.416 e. The Labute approximate surface area is 190 Å². The summed E-state index contributed by atoms with van der Waals surface area (Å²) in [6, 6.07) is 4.86. The topological polar surface area (TPSA) is 77.1 Å². The molecule has 0 spiro atoms. The molecule has 1 radical (unpaired) electrons. The molecule has 11 heteroatoms. The fraction of sp³-hybridized carbons (Fsp3) is 0.333. The SMILES string of the molecule is COCCOc1ccnc(CS(=O)c2nc3ccc(C(F)(F)F)cc3[nH]2)c1C.[Na]. The number of aromatic nitrogens is 3. The maximum absolute atomic E-state index is 12.8. The van der Waals surface area contributed by atoms with Crippen LogP contribution in [0.15, 0.2) is 35.6 Å². The van der Waals surface area contributed by atoms with Gasteiger partial charge in [-0.3, -0.25) is 9.19 Å². The molecule has 0 saturated heterocycles. The standard InChI is InChI=1S/C18H18F3N3O3S.Na/c1-11-15(22-6-5-16(11)27-8-7-26-2)10-28(25)17-23-13-4-3-12(18(19,20)21)9-14(13)24-17;/h3-6,9H,7-8,10H2,1-2H3,(H,23,24);. The van der Waals surface area contributed by atoms with Gasteiger partial charge >= 0.3 is 6.18 Å². The quantitative estimate of drug-likeness (QED) is 0.455. The Kier molecular flexibility index (Phi) is 8.24. The molecule has 0 aliphatic rings. The number of halogens is 3. The third kappa shape index (κ3) is 5.79. The zero-order chi connectivity index (χ0) is 20.3. The molecule has 1 atom stereocenters. The molecule has 0 aliphatic heterocycles. The van der Waals surface area contributed by atoms with Gasteiger partial charge in [-0.2, -0.15) is 13.2 Å². The second-order valence-corrected chi connectivity index (χ2v) is 7.35. The van der Waals surface area contributed by atoms with Gasteiger partial charge in [0.25, 0.3) is 0 Å². The van der Waals surface area contributed by atoms with E-state index in [0.29, 0.717) is 30.2 Å². The van der Waals surface area contributed by atoms with E-state index in [4.69, 9.17) is 9.47 Å². The first-order chi connectivity index (χ1) is 13.3. The minimum absolute atomic E-state index is 0. The second kappa shape index (κ2) is 10.0. The molecule has 0 aliphatic carbocycles. The number of imidazole rings is 1. The number of aromatic amines is 1. The molecule has 3 aromatic rings. The van der Waals surface area contributed by atoms with Crippen molar-refractivity contribution in [1.29, 1.82) is 0 Å². The third-order valence-corrected chi connectivity index (χ3v) is 5.23. The van der Waals surface area contributed by atoms with Crippen molar-refractivity contribution in [3.8, 4) is 5.75 Å². The molecule has 3 rings (SSSR count). The van der Waals surface area contributed by atoms with Crippen LogP contribution in [0.2, 0.25) is 0 Å². The molecule has 1 unspecified atom stereocenters. The number of nitrogens with zero attached hydrogens (tertiary/aromatic N) is 2. The number of nitrogens with one attached hydrogen (secondary N) is 1. The second-order valence-electron chi connectivity index (χ2n) is 5.98. The molecule has 1 N–H and O–H groups in total. The van der Waals surface area contributed by atoms with E-state index in [2.05, 4.69) is 15.0 Å². The normalized spacial score (nSPS) is 12.6. The Balaban J connectivity index is 0.00000300. The molecule has 2 aromatic heterocycles. The summed E-state index contributed by atoms with van der Waals surface area (Å²) in [6.07, 6.45) is -2.90. The zero-order valence-corrected chi connectivity index (χ0v) is 19.0. The first-order valence-electron chi connectivity index (χ1n) is 8.31. The summed E-state index contributed by atoms with van der Waals surface area (Å²) in [7, 11) is -0.0396. The number of H-pyrrole nitrogens is 1. The van der Waals surface area contributed by atoms with Crippen LogP contribution in [0.5, 0.6) is 5.75 Å². The van der Waals surface area contributed by atoms with Gasteiger partial charge in [-0.25, -0.2) is 4.98 Å². The Bertz CT molecular complexity index is 1010. The average Bonchev–Trinajstić information content (AvgIpc) is 3.07. The van der Waals surface area contributed by atoms with Gasteiger partial charge in [0.15, 0.2) is 5.16 Å². The number of rotatable bonds is 7. The van der Waals surface area contributed by atoms with E-state index in [1.165, 1.54) is 6.07 Å². The average molecular weight is 436 g/mol. The Morgan fingerprint density at radius 3 is 2.66 bits per heavy atom. The van der Waals surface area contributed by atoms with Gasteiger partial charge in [-0.05, 0) is 31.2 Å². The largest absolute Gasteiger partial charge is 0.491 e. The van der Waals surface area contributed by atoms with Crippen molar-refractivity contribution in [3.63, 3.8) is 0 Å². The van der Waals surface area contributed by atoms with Crippen LogP contribution in [0.3, 0.4) is 0 Å². The van der Waals surface area contributed by atoms with Gasteiger partial charge in [-0.1, -0.05) is 0 Å². The van der Waals surface area contributed by atoms with Gasteiger partial charge in [-0.15, -0.1) is 0 Å². The van der Waals surface area contributed by atoms with Crippen LogP contribution < -0.4 is 4.74 Å². The van der Waals surface area contributed by atoms with E-state index in [0.717, 1.165) is 17.7 Å². The number of ether oxygens (including phenoxy) is 2. The van der Waals surface area contributed by atoms with Crippen molar-refractivity contribution in [2.24, 2.45) is 0 Å². The van der Waals surface area contributed by atoms with Crippen molar-refractivity contribution in [2.75, 3.05) is 20.3 Å². The van der Waals surface area contributed by atoms with Crippen molar-refractivity contribution in [2.45, 2.75) is 24.0 Å². The minimum Gasteiger partial charge on any atom is -0.491 e. The van der Waals surface area contributed by atoms with Crippen LogP contribution in [-0.2, 0) is 27.5 Å². The fourth-order valence-corrected chi connectivity index (χ4v) is 3.66. The number of fused-ring (bicyclic) bond motifs is 1. The van der Waals surface area contributed by atoms with Gasteiger partial charge in [0, 0.05) is 48.4 Å². The molecule has 1 aromatic carbocycles. The van der Waals surface area contributed by atoms with E-state index < -0.39 is 22.5 Å². The zero-order valence-electron chi connectivity index (χ0n) is 16.2. The van der Waals surface area contributed by atoms with Crippen molar-refractivity contribution >= 4 is 51.4 Å². The molecule has 0 amide bonds. The van der Waals surface area contributed by atoms with Crippen LogP contribution in [0, 0.1) is 6.92 Å². The van der Waals surface area contributed by atoms with Crippen LogP contribution in [0.1, 0.15) is 16.8 Å². The first-order valence-corrected chi connectivity index (χ1v) is 9.63. The molecule has 151 valence electrons. The van der Waals surface area contributed by atoms with Crippen LogP contribution in [-0.4, -0.2) is 69.0 Å².